The monoisotopic (exact) mass is 347 g/mol. The van der Waals surface area contributed by atoms with E-state index in [1.807, 2.05) is 0 Å². The summed E-state index contributed by atoms with van der Waals surface area (Å²) >= 11 is 1.21. The van der Waals surface area contributed by atoms with E-state index in [1.54, 1.807) is 12.1 Å². The van der Waals surface area contributed by atoms with Gasteiger partial charge in [-0.05, 0) is 35.9 Å². The highest BCUT2D eigenvalue weighted by atomic mass is 32.2. The molecule has 1 aromatic heterocycles. The van der Waals surface area contributed by atoms with Crippen LogP contribution in [-0.2, 0) is 11.3 Å². The number of nitrogens with zero attached hydrogens (tertiary/aromatic N) is 1. The van der Waals surface area contributed by atoms with Crippen molar-refractivity contribution in [2.45, 2.75) is 11.7 Å². The Kier molecular flexibility index (Phi) is 4.57. The Morgan fingerprint density at radius 2 is 2.04 bits per heavy atom. The molecule has 3 aromatic rings. The number of hydrogen-bond donors (Lipinski definition) is 4. The summed E-state index contributed by atoms with van der Waals surface area (Å²) in [5.74, 6) is -0.851. The number of amides is 1. The van der Waals surface area contributed by atoms with E-state index in [1.165, 1.54) is 36.0 Å². The third-order valence-corrected chi connectivity index (χ3v) is 4.16. The SMILES string of the molecule is O=C(CSc1nc2ccc(F)cc2[nH]1)NCc1ccc(O)c(O)c1. The number of aromatic nitrogens is 2. The fourth-order valence-corrected chi connectivity index (χ4v) is 2.81. The topological polar surface area (TPSA) is 98.2 Å². The predicted molar refractivity (Wildman–Crippen MR) is 88.4 cm³/mol. The molecule has 0 aliphatic rings. The Bertz CT molecular complexity index is 897. The van der Waals surface area contributed by atoms with E-state index >= 15 is 0 Å². The molecule has 0 saturated heterocycles. The molecule has 1 amide bonds. The first-order valence-electron chi connectivity index (χ1n) is 7.07. The maximum Gasteiger partial charge on any atom is 0.230 e. The summed E-state index contributed by atoms with van der Waals surface area (Å²) in [4.78, 5) is 19.1. The van der Waals surface area contributed by atoms with Crippen LogP contribution in [0.1, 0.15) is 5.56 Å². The van der Waals surface area contributed by atoms with Gasteiger partial charge in [0.2, 0.25) is 5.91 Å². The highest BCUT2D eigenvalue weighted by Crippen LogP contribution is 2.24. The van der Waals surface area contributed by atoms with Gasteiger partial charge in [0, 0.05) is 6.54 Å². The van der Waals surface area contributed by atoms with E-state index in [2.05, 4.69) is 15.3 Å². The lowest BCUT2D eigenvalue weighted by atomic mass is 10.2. The zero-order valence-electron chi connectivity index (χ0n) is 12.4. The summed E-state index contributed by atoms with van der Waals surface area (Å²) in [7, 11) is 0. The number of fused-ring (bicyclic) bond motifs is 1. The first-order valence-corrected chi connectivity index (χ1v) is 8.05. The molecule has 24 heavy (non-hydrogen) atoms. The molecular weight excluding hydrogens is 333 g/mol. The number of halogens is 1. The van der Waals surface area contributed by atoms with Crippen LogP contribution in [0.3, 0.4) is 0 Å². The molecule has 3 rings (SSSR count). The third kappa shape index (κ3) is 3.77. The van der Waals surface area contributed by atoms with Crippen LogP contribution in [0.15, 0.2) is 41.6 Å². The Morgan fingerprint density at radius 1 is 1.21 bits per heavy atom. The Morgan fingerprint density at radius 3 is 2.83 bits per heavy atom. The second kappa shape index (κ2) is 6.79. The fraction of sp³-hybridized carbons (Fsp3) is 0.125. The summed E-state index contributed by atoms with van der Waals surface area (Å²) < 4.78 is 13.1. The number of H-pyrrole nitrogens is 1. The molecule has 4 N–H and O–H groups in total. The average Bonchev–Trinajstić information content (AvgIpc) is 2.96. The number of phenols is 2. The molecule has 0 unspecified atom stereocenters. The summed E-state index contributed by atoms with van der Waals surface area (Å²) in [6, 6.07) is 8.61. The van der Waals surface area contributed by atoms with E-state index in [4.69, 9.17) is 0 Å². The van der Waals surface area contributed by atoms with Crippen LogP contribution in [0.25, 0.3) is 11.0 Å². The Hall–Kier alpha value is -2.74. The van der Waals surface area contributed by atoms with Gasteiger partial charge < -0.3 is 20.5 Å². The van der Waals surface area contributed by atoms with Crippen LogP contribution in [0.4, 0.5) is 4.39 Å². The van der Waals surface area contributed by atoms with E-state index in [-0.39, 0.29) is 35.5 Å². The largest absolute Gasteiger partial charge is 0.504 e. The number of hydrogen-bond acceptors (Lipinski definition) is 5. The number of aromatic amines is 1. The van der Waals surface area contributed by atoms with Gasteiger partial charge in [0.05, 0.1) is 16.8 Å². The van der Waals surface area contributed by atoms with Crippen LogP contribution in [0, 0.1) is 5.82 Å². The van der Waals surface area contributed by atoms with Gasteiger partial charge in [-0.2, -0.15) is 0 Å². The number of aromatic hydroxyl groups is 2. The molecule has 8 heteroatoms. The summed E-state index contributed by atoms with van der Waals surface area (Å²) in [6.07, 6.45) is 0. The maximum absolute atomic E-state index is 13.1. The number of carbonyl (C=O) groups is 1. The van der Waals surface area contributed by atoms with Crippen molar-refractivity contribution in [3.05, 3.63) is 47.8 Å². The number of phenolic OH excluding ortho intramolecular Hbond substituents is 2. The molecule has 0 bridgehead atoms. The molecule has 0 aliphatic carbocycles. The van der Waals surface area contributed by atoms with E-state index in [9.17, 15) is 19.4 Å². The number of benzene rings is 2. The van der Waals surface area contributed by atoms with Crippen molar-refractivity contribution in [3.63, 3.8) is 0 Å². The molecule has 0 saturated carbocycles. The van der Waals surface area contributed by atoms with E-state index in [0.717, 1.165) is 0 Å². The van der Waals surface area contributed by atoms with Crippen LogP contribution >= 0.6 is 11.8 Å². The lowest BCUT2D eigenvalue weighted by molar-refractivity contribution is -0.118. The molecule has 0 spiro atoms. The van der Waals surface area contributed by atoms with Gasteiger partial charge in [-0.15, -0.1) is 0 Å². The predicted octanol–water partition coefficient (Wildman–Crippen LogP) is 2.52. The van der Waals surface area contributed by atoms with Crippen molar-refractivity contribution < 1.29 is 19.4 Å². The van der Waals surface area contributed by atoms with Gasteiger partial charge >= 0.3 is 0 Å². The highest BCUT2D eigenvalue weighted by Gasteiger charge is 2.08. The van der Waals surface area contributed by atoms with Crippen LogP contribution < -0.4 is 5.32 Å². The lowest BCUT2D eigenvalue weighted by Gasteiger charge is -2.06. The Balaban J connectivity index is 1.53. The molecule has 1 heterocycles. The zero-order valence-corrected chi connectivity index (χ0v) is 13.2. The molecule has 2 aromatic carbocycles. The maximum atomic E-state index is 13.1. The van der Waals surface area contributed by atoms with E-state index < -0.39 is 0 Å². The smallest absolute Gasteiger partial charge is 0.230 e. The third-order valence-electron chi connectivity index (χ3n) is 3.29. The minimum absolute atomic E-state index is 0.145. The quantitative estimate of drug-likeness (QED) is 0.420. The van der Waals surface area contributed by atoms with Gasteiger partial charge in [-0.1, -0.05) is 17.8 Å². The van der Waals surface area contributed by atoms with Crippen molar-refractivity contribution >= 4 is 28.7 Å². The number of nitrogens with one attached hydrogen (secondary N) is 2. The van der Waals surface area contributed by atoms with Crippen LogP contribution in [-0.4, -0.2) is 31.8 Å². The lowest BCUT2D eigenvalue weighted by Crippen LogP contribution is -2.24. The van der Waals surface area contributed by atoms with Gasteiger partial charge in [0.1, 0.15) is 5.82 Å². The van der Waals surface area contributed by atoms with Gasteiger partial charge in [-0.25, -0.2) is 9.37 Å². The number of carbonyl (C=O) groups excluding carboxylic acids is 1. The second-order valence-electron chi connectivity index (χ2n) is 5.09. The number of rotatable bonds is 5. The standard InChI is InChI=1S/C16H14FN3O3S/c17-10-2-3-11-12(6-10)20-16(19-11)24-8-15(23)18-7-9-1-4-13(21)14(22)5-9/h1-6,21-22H,7-8H2,(H,18,23)(H,19,20). The normalized spacial score (nSPS) is 10.9. The van der Waals surface area contributed by atoms with Gasteiger partial charge in [-0.3, -0.25) is 4.79 Å². The summed E-state index contributed by atoms with van der Waals surface area (Å²) in [5, 5.41) is 21.9. The first-order chi connectivity index (χ1) is 11.5. The van der Waals surface area contributed by atoms with Crippen LogP contribution in [0.5, 0.6) is 11.5 Å². The summed E-state index contributed by atoms with van der Waals surface area (Å²) in [6.45, 7) is 0.235. The molecule has 124 valence electrons. The van der Waals surface area contributed by atoms with Crippen molar-refractivity contribution in [3.8, 4) is 11.5 Å². The molecule has 0 aliphatic heterocycles. The fourth-order valence-electron chi connectivity index (χ4n) is 2.09. The second-order valence-corrected chi connectivity index (χ2v) is 6.06. The number of thioether (sulfide) groups is 1. The molecule has 0 fully saturated rings. The molecule has 0 atom stereocenters. The average molecular weight is 347 g/mol. The van der Waals surface area contributed by atoms with Gasteiger partial charge in [0.15, 0.2) is 16.7 Å². The molecular formula is C16H14FN3O3S. The van der Waals surface area contributed by atoms with Crippen molar-refractivity contribution in [1.82, 2.24) is 15.3 Å². The Labute approximate surface area is 140 Å². The highest BCUT2D eigenvalue weighted by molar-refractivity contribution is 7.99. The van der Waals surface area contributed by atoms with Crippen LogP contribution in [0.2, 0.25) is 0 Å². The summed E-state index contributed by atoms with van der Waals surface area (Å²) in [5.41, 5.74) is 1.89. The van der Waals surface area contributed by atoms with Crippen molar-refractivity contribution in [1.29, 1.82) is 0 Å². The minimum atomic E-state index is -0.349. The minimum Gasteiger partial charge on any atom is -0.504 e. The molecule has 6 nitrogen and oxygen atoms in total. The van der Waals surface area contributed by atoms with Crippen molar-refractivity contribution in [2.75, 3.05) is 5.75 Å². The molecule has 0 radical (unpaired) electrons. The zero-order chi connectivity index (χ0) is 17.1. The first kappa shape index (κ1) is 16.1. The van der Waals surface area contributed by atoms with Crippen molar-refractivity contribution in [2.24, 2.45) is 0 Å². The van der Waals surface area contributed by atoms with Gasteiger partial charge in [0.25, 0.3) is 0 Å². The number of imidazole rings is 1. The van der Waals surface area contributed by atoms with E-state index in [0.29, 0.717) is 21.8 Å².